The number of para-hydroxylation sites is 1. The molecule has 0 bridgehead atoms. The molecule has 0 saturated heterocycles. The summed E-state index contributed by atoms with van der Waals surface area (Å²) in [5, 5.41) is 13.1. The summed E-state index contributed by atoms with van der Waals surface area (Å²) in [5.74, 6) is 0.0563. The van der Waals surface area contributed by atoms with Crippen LogP contribution in [0.2, 0.25) is 0 Å². The Bertz CT molecular complexity index is 440. The Morgan fingerprint density at radius 2 is 2.16 bits per heavy atom. The lowest BCUT2D eigenvalue weighted by atomic mass is 10.1. The Hall–Kier alpha value is -1.55. The topological polar surface area (TPSA) is 52.6 Å². The third kappa shape index (κ3) is 3.26. The van der Waals surface area contributed by atoms with Crippen molar-refractivity contribution in [3.63, 3.8) is 0 Å². The Kier molecular flexibility index (Phi) is 3.80. The van der Waals surface area contributed by atoms with Gasteiger partial charge < -0.3 is 15.3 Å². The van der Waals surface area contributed by atoms with E-state index in [-0.39, 0.29) is 11.9 Å². The number of benzene rings is 1. The third-order valence-corrected chi connectivity index (χ3v) is 3.34. The number of hydrogen-bond acceptors (Lipinski definition) is 3. The quantitative estimate of drug-likeness (QED) is 0.867. The molecule has 4 heteroatoms. The van der Waals surface area contributed by atoms with E-state index in [1.54, 1.807) is 18.7 Å². The van der Waals surface area contributed by atoms with Gasteiger partial charge in [-0.05, 0) is 32.4 Å². The number of likely N-dealkylation sites (N-methyl/N-ethyl adjacent to an activating group) is 1. The average molecular weight is 262 g/mol. The zero-order valence-corrected chi connectivity index (χ0v) is 11.8. The molecule has 0 saturated carbocycles. The maximum Gasteiger partial charge on any atom is 0.245 e. The summed E-state index contributed by atoms with van der Waals surface area (Å²) in [6.07, 6.45) is 0.720. The van der Waals surface area contributed by atoms with Crippen LogP contribution in [0.1, 0.15) is 26.3 Å². The molecule has 1 atom stereocenters. The molecule has 0 aromatic heterocycles. The average Bonchev–Trinajstić information content (AvgIpc) is 2.77. The first-order chi connectivity index (χ1) is 8.90. The molecule has 0 radical (unpaired) electrons. The van der Waals surface area contributed by atoms with Gasteiger partial charge in [0.25, 0.3) is 0 Å². The van der Waals surface area contributed by atoms with E-state index in [1.807, 2.05) is 31.2 Å². The second kappa shape index (κ2) is 5.21. The van der Waals surface area contributed by atoms with Gasteiger partial charge >= 0.3 is 0 Å². The maximum absolute atomic E-state index is 12.5. The highest BCUT2D eigenvalue weighted by Crippen LogP contribution is 2.26. The number of fused-ring (bicyclic) bond motifs is 1. The van der Waals surface area contributed by atoms with Gasteiger partial charge in [0, 0.05) is 25.2 Å². The minimum absolute atomic E-state index is 0.0563. The fourth-order valence-corrected chi connectivity index (χ4v) is 2.48. The zero-order chi connectivity index (χ0) is 14.0. The lowest BCUT2D eigenvalue weighted by molar-refractivity contribution is -0.134. The van der Waals surface area contributed by atoms with Gasteiger partial charge in [-0.25, -0.2) is 0 Å². The molecular weight excluding hydrogens is 240 g/mol. The van der Waals surface area contributed by atoms with Crippen molar-refractivity contribution in [2.75, 3.05) is 18.4 Å². The summed E-state index contributed by atoms with van der Waals surface area (Å²) in [6.45, 7) is 6.35. The first-order valence-electron chi connectivity index (χ1n) is 6.76. The molecule has 1 amide bonds. The van der Waals surface area contributed by atoms with Gasteiger partial charge in [0.15, 0.2) is 0 Å². The molecule has 19 heavy (non-hydrogen) atoms. The van der Waals surface area contributed by atoms with Crippen LogP contribution >= 0.6 is 0 Å². The molecule has 1 aliphatic rings. The molecule has 104 valence electrons. The van der Waals surface area contributed by atoms with Crippen LogP contribution in [0.25, 0.3) is 0 Å². The van der Waals surface area contributed by atoms with Gasteiger partial charge in [0.2, 0.25) is 5.91 Å². The van der Waals surface area contributed by atoms with Crippen molar-refractivity contribution < 1.29 is 9.90 Å². The van der Waals surface area contributed by atoms with Crippen molar-refractivity contribution in [1.82, 2.24) is 4.90 Å². The molecule has 0 unspecified atom stereocenters. The van der Waals surface area contributed by atoms with E-state index in [0.717, 1.165) is 12.1 Å². The van der Waals surface area contributed by atoms with Crippen LogP contribution in [0.4, 0.5) is 5.69 Å². The van der Waals surface area contributed by atoms with Crippen LogP contribution in [-0.2, 0) is 11.2 Å². The Balaban J connectivity index is 2.05. The summed E-state index contributed by atoms with van der Waals surface area (Å²) in [4.78, 5) is 14.2. The normalized spacial score (nSPS) is 17.8. The molecule has 1 aromatic rings. The van der Waals surface area contributed by atoms with Crippen LogP contribution in [0, 0.1) is 0 Å². The first-order valence-corrected chi connectivity index (χ1v) is 6.76. The smallest absolute Gasteiger partial charge is 0.245 e. The van der Waals surface area contributed by atoms with Gasteiger partial charge in [-0.2, -0.15) is 0 Å². The van der Waals surface area contributed by atoms with Crippen LogP contribution < -0.4 is 5.32 Å². The molecule has 2 rings (SSSR count). The van der Waals surface area contributed by atoms with E-state index >= 15 is 0 Å². The molecular formula is C15H22N2O2. The monoisotopic (exact) mass is 262 g/mol. The van der Waals surface area contributed by atoms with Gasteiger partial charge in [-0.15, -0.1) is 0 Å². The van der Waals surface area contributed by atoms with Gasteiger partial charge in [0.05, 0.1) is 5.60 Å². The van der Waals surface area contributed by atoms with Crippen LogP contribution in [-0.4, -0.2) is 40.6 Å². The summed E-state index contributed by atoms with van der Waals surface area (Å²) >= 11 is 0. The molecule has 1 aliphatic heterocycles. The summed E-state index contributed by atoms with van der Waals surface area (Å²) in [7, 11) is 0. The van der Waals surface area contributed by atoms with Crippen molar-refractivity contribution in [1.29, 1.82) is 0 Å². The van der Waals surface area contributed by atoms with Crippen molar-refractivity contribution >= 4 is 11.6 Å². The molecule has 4 nitrogen and oxygen atoms in total. The predicted octanol–water partition coefficient (Wildman–Crippen LogP) is 1.64. The number of aliphatic hydroxyl groups is 1. The molecule has 1 heterocycles. The molecule has 0 aliphatic carbocycles. The lowest BCUT2D eigenvalue weighted by Crippen LogP contribution is -2.47. The van der Waals surface area contributed by atoms with Crippen LogP contribution in [0.3, 0.4) is 0 Å². The van der Waals surface area contributed by atoms with E-state index < -0.39 is 5.60 Å². The second-order valence-corrected chi connectivity index (χ2v) is 5.72. The SMILES string of the molecule is CCN(CC(C)(C)O)C(=O)[C@@H]1Cc2ccccc2N1. The molecule has 1 aromatic carbocycles. The minimum Gasteiger partial charge on any atom is -0.389 e. The number of carbonyl (C=O) groups is 1. The highest BCUT2D eigenvalue weighted by Gasteiger charge is 2.31. The van der Waals surface area contributed by atoms with Crippen LogP contribution in [0.15, 0.2) is 24.3 Å². The number of hydrogen-bond donors (Lipinski definition) is 2. The Labute approximate surface area is 114 Å². The number of nitrogens with one attached hydrogen (secondary N) is 1. The largest absolute Gasteiger partial charge is 0.389 e. The van der Waals surface area contributed by atoms with Gasteiger partial charge in [0.1, 0.15) is 6.04 Å². The Morgan fingerprint density at radius 1 is 1.47 bits per heavy atom. The van der Waals surface area contributed by atoms with Crippen molar-refractivity contribution in [3.05, 3.63) is 29.8 Å². The van der Waals surface area contributed by atoms with Crippen LogP contribution in [0.5, 0.6) is 0 Å². The lowest BCUT2D eigenvalue weighted by Gasteiger charge is -2.30. The van der Waals surface area contributed by atoms with Gasteiger partial charge in [-0.1, -0.05) is 18.2 Å². The van der Waals surface area contributed by atoms with E-state index in [4.69, 9.17) is 0 Å². The fraction of sp³-hybridized carbons (Fsp3) is 0.533. The first kappa shape index (κ1) is 13.9. The number of rotatable bonds is 4. The van der Waals surface area contributed by atoms with Gasteiger partial charge in [-0.3, -0.25) is 4.79 Å². The summed E-state index contributed by atoms with van der Waals surface area (Å²) < 4.78 is 0. The standard InChI is InChI=1S/C15H22N2O2/c1-4-17(10-15(2,3)19)14(18)13-9-11-7-5-6-8-12(11)16-13/h5-8,13,16,19H,4,9-10H2,1-3H3/t13-/m0/s1. The number of carbonyl (C=O) groups excluding carboxylic acids is 1. The van der Waals surface area contributed by atoms with Crippen molar-refractivity contribution in [2.45, 2.75) is 38.8 Å². The summed E-state index contributed by atoms with van der Waals surface area (Å²) in [5.41, 5.74) is 1.36. The zero-order valence-electron chi connectivity index (χ0n) is 11.8. The second-order valence-electron chi connectivity index (χ2n) is 5.72. The summed E-state index contributed by atoms with van der Waals surface area (Å²) in [6, 6.07) is 7.78. The highest BCUT2D eigenvalue weighted by molar-refractivity contribution is 5.87. The van der Waals surface area contributed by atoms with E-state index in [2.05, 4.69) is 5.32 Å². The minimum atomic E-state index is -0.864. The molecule has 0 fully saturated rings. The number of amides is 1. The third-order valence-electron chi connectivity index (χ3n) is 3.34. The molecule has 2 N–H and O–H groups in total. The van der Waals surface area contributed by atoms with Crippen molar-refractivity contribution in [3.8, 4) is 0 Å². The van der Waals surface area contributed by atoms with Crippen molar-refractivity contribution in [2.24, 2.45) is 0 Å². The Morgan fingerprint density at radius 3 is 2.74 bits per heavy atom. The molecule has 0 spiro atoms. The van der Waals surface area contributed by atoms with E-state index in [0.29, 0.717) is 13.1 Å². The van der Waals surface area contributed by atoms with E-state index in [1.165, 1.54) is 5.56 Å². The number of anilines is 1. The number of nitrogens with zero attached hydrogens (tertiary/aromatic N) is 1. The highest BCUT2D eigenvalue weighted by atomic mass is 16.3. The maximum atomic E-state index is 12.5. The predicted molar refractivity (Wildman–Crippen MR) is 76.1 cm³/mol. The fourth-order valence-electron chi connectivity index (χ4n) is 2.48. The van der Waals surface area contributed by atoms with E-state index in [9.17, 15) is 9.90 Å².